The minimum atomic E-state index is -0.690. The number of hydrogen-bond acceptors (Lipinski definition) is 5. The molecule has 9 heteroatoms. The van der Waals surface area contributed by atoms with Crippen LogP contribution >= 0.6 is 12.2 Å². The zero-order valence-electron chi connectivity index (χ0n) is 20.8. The maximum Gasteiger partial charge on any atom is 0.217 e. The number of rotatable bonds is 5. The van der Waals surface area contributed by atoms with E-state index in [-0.39, 0.29) is 5.82 Å². The Morgan fingerprint density at radius 1 is 1.00 bits per heavy atom. The van der Waals surface area contributed by atoms with E-state index >= 15 is 0 Å². The first-order chi connectivity index (χ1) is 17.8. The van der Waals surface area contributed by atoms with Gasteiger partial charge in [0.25, 0.3) is 0 Å². The van der Waals surface area contributed by atoms with Gasteiger partial charge < -0.3 is 25.1 Å². The minimum Gasteiger partial charge on any atom is -0.353 e. The summed E-state index contributed by atoms with van der Waals surface area (Å²) in [6, 6.07) is 16.1. The Kier molecular flexibility index (Phi) is 7.01. The number of halogens is 1. The van der Waals surface area contributed by atoms with E-state index in [0.29, 0.717) is 29.8 Å². The van der Waals surface area contributed by atoms with Crippen molar-refractivity contribution in [2.75, 3.05) is 18.5 Å². The summed E-state index contributed by atoms with van der Waals surface area (Å²) in [5, 5.41) is 7.15. The van der Waals surface area contributed by atoms with Gasteiger partial charge in [0.2, 0.25) is 6.29 Å². The smallest absolute Gasteiger partial charge is 0.217 e. The largest absolute Gasteiger partial charge is 0.353 e. The van der Waals surface area contributed by atoms with E-state index < -0.39 is 11.8 Å². The zero-order chi connectivity index (χ0) is 26.0. The van der Waals surface area contributed by atoms with Crippen LogP contribution in [0, 0.1) is 19.7 Å². The van der Waals surface area contributed by atoms with E-state index in [9.17, 15) is 4.39 Å². The molecule has 0 saturated carbocycles. The Hall–Kier alpha value is -3.66. The first-order valence-corrected chi connectivity index (χ1v) is 12.4. The number of benzene rings is 2. The second-order valence-corrected chi connectivity index (χ2v) is 9.86. The second-order valence-electron chi connectivity index (χ2n) is 9.45. The number of thiocarbonyl (C=S) groups is 1. The summed E-state index contributed by atoms with van der Waals surface area (Å²) < 4.78 is 25.7. The molecule has 0 aliphatic carbocycles. The molecule has 5 rings (SSSR count). The molecular weight excluding hydrogens is 489 g/mol. The summed E-state index contributed by atoms with van der Waals surface area (Å²) in [5.41, 5.74) is 5.83. The number of nitrogens with zero attached hydrogens (tertiary/aromatic N) is 2. The van der Waals surface area contributed by atoms with E-state index in [1.165, 1.54) is 12.1 Å². The molecule has 3 heterocycles. The first kappa shape index (κ1) is 25.0. The fourth-order valence-electron chi connectivity index (χ4n) is 4.32. The topological polar surface area (TPSA) is 84.1 Å². The Labute approximate surface area is 220 Å². The van der Waals surface area contributed by atoms with Gasteiger partial charge >= 0.3 is 0 Å². The lowest BCUT2D eigenvalue weighted by Crippen LogP contribution is -2.56. The number of aromatic nitrogens is 3. The SMILES string of the molecule is Cc1cccc(C)c1NC(=S)NC1(C)COC(c2nc(-c3ccc(F)cc3)c(-c3ccncc3)[nH]2)OC1. The van der Waals surface area contributed by atoms with Crippen LogP contribution in [0.15, 0.2) is 67.0 Å². The third-order valence-electron chi connectivity index (χ3n) is 6.27. The van der Waals surface area contributed by atoms with Crippen molar-refractivity contribution in [3.05, 3.63) is 89.8 Å². The average Bonchev–Trinajstić information content (AvgIpc) is 3.33. The number of pyridine rings is 1. The summed E-state index contributed by atoms with van der Waals surface area (Å²) in [4.78, 5) is 12.2. The maximum absolute atomic E-state index is 13.6. The maximum atomic E-state index is 13.6. The van der Waals surface area contributed by atoms with Crippen molar-refractivity contribution in [2.45, 2.75) is 32.6 Å². The summed E-state index contributed by atoms with van der Waals surface area (Å²) >= 11 is 5.59. The van der Waals surface area contributed by atoms with Crippen LogP contribution in [0.1, 0.15) is 30.2 Å². The quantitative estimate of drug-likeness (QED) is 0.294. The molecule has 7 nitrogen and oxygen atoms in total. The molecule has 2 aromatic carbocycles. The van der Waals surface area contributed by atoms with Gasteiger partial charge in [0.05, 0.1) is 30.1 Å². The van der Waals surface area contributed by atoms with Gasteiger partial charge in [-0.05, 0) is 80.5 Å². The number of anilines is 1. The van der Waals surface area contributed by atoms with E-state index in [2.05, 4.69) is 20.6 Å². The van der Waals surface area contributed by atoms with Crippen LogP contribution in [0.4, 0.5) is 10.1 Å². The van der Waals surface area contributed by atoms with Gasteiger partial charge in [0.15, 0.2) is 10.9 Å². The predicted molar refractivity (Wildman–Crippen MR) is 146 cm³/mol. The fourth-order valence-corrected chi connectivity index (χ4v) is 4.67. The lowest BCUT2D eigenvalue weighted by Gasteiger charge is -2.38. The fraction of sp³-hybridized carbons (Fsp3) is 0.250. The van der Waals surface area contributed by atoms with E-state index in [4.69, 9.17) is 26.7 Å². The number of para-hydroxylation sites is 1. The van der Waals surface area contributed by atoms with Crippen molar-refractivity contribution in [1.82, 2.24) is 20.3 Å². The molecule has 1 aliphatic heterocycles. The Bertz CT molecular complexity index is 1380. The molecule has 3 N–H and O–H groups in total. The Morgan fingerprint density at radius 2 is 1.65 bits per heavy atom. The lowest BCUT2D eigenvalue weighted by atomic mass is 10.0. The number of aryl methyl sites for hydroxylation is 2. The molecule has 0 amide bonds. The third-order valence-corrected chi connectivity index (χ3v) is 6.48. The van der Waals surface area contributed by atoms with Crippen LogP contribution < -0.4 is 10.6 Å². The molecular formula is C28H28FN5O2S. The molecule has 1 saturated heterocycles. The number of nitrogens with one attached hydrogen (secondary N) is 3. The lowest BCUT2D eigenvalue weighted by molar-refractivity contribution is -0.215. The molecule has 1 aliphatic rings. The first-order valence-electron chi connectivity index (χ1n) is 12.0. The number of imidazole rings is 1. The number of hydrogen-bond donors (Lipinski definition) is 3. The molecule has 0 bridgehead atoms. The molecule has 0 atom stereocenters. The van der Waals surface area contributed by atoms with Crippen molar-refractivity contribution in [2.24, 2.45) is 0 Å². The van der Waals surface area contributed by atoms with Crippen molar-refractivity contribution in [1.29, 1.82) is 0 Å². The predicted octanol–water partition coefficient (Wildman–Crippen LogP) is 5.69. The van der Waals surface area contributed by atoms with E-state index in [1.807, 2.05) is 51.1 Å². The highest BCUT2D eigenvalue weighted by molar-refractivity contribution is 7.80. The van der Waals surface area contributed by atoms with E-state index in [1.54, 1.807) is 24.5 Å². The summed E-state index contributed by atoms with van der Waals surface area (Å²) in [7, 11) is 0. The van der Waals surface area contributed by atoms with Crippen molar-refractivity contribution in [3.63, 3.8) is 0 Å². The summed E-state index contributed by atoms with van der Waals surface area (Å²) in [6.45, 7) is 6.78. The highest BCUT2D eigenvalue weighted by atomic mass is 32.1. The molecule has 1 fully saturated rings. The molecule has 190 valence electrons. The standard InChI is InChI=1S/C28H28FN5O2S/c1-17-5-4-6-18(2)22(17)33-27(37)34-28(3)15-35-26(36-16-28)25-31-23(19-7-9-21(29)10-8-19)24(32-25)20-11-13-30-14-12-20/h4-14,26H,15-16H2,1-3H3,(H,31,32)(H2,33,34,37). The Morgan fingerprint density at radius 3 is 2.30 bits per heavy atom. The average molecular weight is 518 g/mol. The number of H-pyrrole nitrogens is 1. The second kappa shape index (κ2) is 10.4. The van der Waals surface area contributed by atoms with Gasteiger partial charge in [-0.25, -0.2) is 9.37 Å². The van der Waals surface area contributed by atoms with Crippen LogP contribution in [0.3, 0.4) is 0 Å². The van der Waals surface area contributed by atoms with Crippen LogP contribution in [-0.4, -0.2) is 38.8 Å². The van der Waals surface area contributed by atoms with Crippen LogP contribution in [0.25, 0.3) is 22.5 Å². The van der Waals surface area contributed by atoms with Gasteiger partial charge in [-0.15, -0.1) is 0 Å². The minimum absolute atomic E-state index is 0.305. The van der Waals surface area contributed by atoms with Gasteiger partial charge in [0, 0.05) is 29.2 Å². The molecule has 0 unspecified atom stereocenters. The molecule has 0 spiro atoms. The van der Waals surface area contributed by atoms with Crippen LogP contribution in [-0.2, 0) is 9.47 Å². The van der Waals surface area contributed by atoms with Gasteiger partial charge in [-0.1, -0.05) is 18.2 Å². The van der Waals surface area contributed by atoms with Crippen molar-refractivity contribution < 1.29 is 13.9 Å². The molecule has 37 heavy (non-hydrogen) atoms. The zero-order valence-corrected chi connectivity index (χ0v) is 21.7. The Balaban J connectivity index is 1.31. The summed E-state index contributed by atoms with van der Waals surface area (Å²) in [5.74, 6) is 0.227. The van der Waals surface area contributed by atoms with Crippen molar-refractivity contribution in [3.8, 4) is 22.5 Å². The molecule has 4 aromatic rings. The van der Waals surface area contributed by atoms with Crippen LogP contribution in [0.2, 0.25) is 0 Å². The molecule has 0 radical (unpaired) electrons. The highest BCUT2D eigenvalue weighted by Crippen LogP contribution is 2.34. The molecule has 2 aromatic heterocycles. The van der Waals surface area contributed by atoms with Crippen molar-refractivity contribution >= 4 is 23.0 Å². The number of ether oxygens (including phenoxy) is 2. The van der Waals surface area contributed by atoms with Gasteiger partial charge in [0.1, 0.15) is 5.82 Å². The normalized spacial score (nSPS) is 19.4. The summed E-state index contributed by atoms with van der Waals surface area (Å²) in [6.07, 6.45) is 2.74. The van der Waals surface area contributed by atoms with E-state index in [0.717, 1.165) is 33.6 Å². The highest BCUT2D eigenvalue weighted by Gasteiger charge is 2.36. The van der Waals surface area contributed by atoms with Gasteiger partial charge in [-0.2, -0.15) is 0 Å². The monoisotopic (exact) mass is 517 g/mol. The third kappa shape index (κ3) is 5.53. The number of aromatic amines is 1. The van der Waals surface area contributed by atoms with Gasteiger partial charge in [-0.3, -0.25) is 4.98 Å². The van der Waals surface area contributed by atoms with Crippen LogP contribution in [0.5, 0.6) is 0 Å².